The molecule has 0 atom stereocenters. The zero-order valence-corrected chi connectivity index (χ0v) is 19.5. The molecule has 1 aromatic carbocycles. The Bertz CT molecular complexity index is 1110. The first-order valence-corrected chi connectivity index (χ1v) is 11.3. The van der Waals surface area contributed by atoms with Crippen molar-refractivity contribution in [2.24, 2.45) is 18.0 Å². The molecule has 33 heavy (non-hydrogen) atoms. The van der Waals surface area contributed by atoms with E-state index in [2.05, 4.69) is 25.8 Å². The monoisotopic (exact) mass is 464 g/mol. The van der Waals surface area contributed by atoms with Crippen LogP contribution in [0.5, 0.6) is 0 Å². The molecule has 1 aromatic heterocycles. The number of carbonyl (C=O) groups is 1. The van der Waals surface area contributed by atoms with Gasteiger partial charge in [-0.3, -0.25) is 19.1 Å². The highest BCUT2D eigenvalue weighted by atomic mass is 19.4. The summed E-state index contributed by atoms with van der Waals surface area (Å²) in [5, 5.41) is 9.54. The van der Waals surface area contributed by atoms with Crippen LogP contribution in [0.1, 0.15) is 60.8 Å². The number of β-amino-alcohol motifs (C(OH)–C–C–N with tert-alkyl or cyclic N) is 1. The second kappa shape index (κ2) is 8.43. The zero-order chi connectivity index (χ0) is 24.1. The first-order valence-electron chi connectivity index (χ1n) is 11.3. The van der Waals surface area contributed by atoms with Gasteiger partial charge in [0.15, 0.2) is 5.49 Å². The molecule has 0 bridgehead atoms. The Morgan fingerprint density at radius 3 is 2.36 bits per heavy atom. The van der Waals surface area contributed by atoms with Crippen molar-refractivity contribution in [3.8, 4) is 0 Å². The van der Waals surface area contributed by atoms with Gasteiger partial charge >= 0.3 is 6.18 Å². The summed E-state index contributed by atoms with van der Waals surface area (Å²) in [6.07, 6.45) is -2.76. The molecule has 2 heterocycles. The maximum Gasteiger partial charge on any atom is 0.416 e. The van der Waals surface area contributed by atoms with E-state index in [9.17, 15) is 23.1 Å². The van der Waals surface area contributed by atoms with Crippen LogP contribution in [0.4, 0.5) is 13.2 Å². The minimum atomic E-state index is -4.56. The fourth-order valence-corrected chi connectivity index (χ4v) is 4.29. The number of nitrogens with zero attached hydrogens (tertiary/aromatic N) is 4. The summed E-state index contributed by atoms with van der Waals surface area (Å²) in [7, 11) is 1.93. The summed E-state index contributed by atoms with van der Waals surface area (Å²) >= 11 is 0. The minimum absolute atomic E-state index is 0.0506. The van der Waals surface area contributed by atoms with E-state index in [1.807, 2.05) is 27.4 Å². The molecule has 0 radical (unpaired) electrons. The number of aromatic nitrogens is 2. The largest absolute Gasteiger partial charge is 0.416 e. The number of halogens is 3. The molecule has 0 unspecified atom stereocenters. The number of hydrogen-bond acceptors (Lipinski definition) is 3. The van der Waals surface area contributed by atoms with Crippen LogP contribution in [0, 0.1) is 5.92 Å². The number of aliphatic hydroxyl groups excluding tert-OH is 1. The number of alkyl halides is 3. The van der Waals surface area contributed by atoms with Crippen LogP contribution in [0.2, 0.25) is 0 Å². The summed E-state index contributed by atoms with van der Waals surface area (Å²) in [6.45, 7) is 8.09. The van der Waals surface area contributed by atoms with E-state index < -0.39 is 23.8 Å². The van der Waals surface area contributed by atoms with Crippen LogP contribution in [-0.4, -0.2) is 44.5 Å². The lowest BCUT2D eigenvalue weighted by Gasteiger charge is -2.36. The summed E-state index contributed by atoms with van der Waals surface area (Å²) < 4.78 is 44.1. The van der Waals surface area contributed by atoms with E-state index in [0.29, 0.717) is 30.1 Å². The highest BCUT2D eigenvalue weighted by molar-refractivity contribution is 5.96. The van der Waals surface area contributed by atoms with E-state index in [-0.39, 0.29) is 17.5 Å². The van der Waals surface area contributed by atoms with Gasteiger partial charge < -0.3 is 5.11 Å². The van der Waals surface area contributed by atoms with Gasteiger partial charge in [0, 0.05) is 56.0 Å². The van der Waals surface area contributed by atoms with Crippen LogP contribution in [0.25, 0.3) is 0 Å². The third-order valence-electron chi connectivity index (χ3n) is 6.35. The molecular formula is C24H31F3N4O2. The maximum atomic E-state index is 13.4. The predicted octanol–water partition coefficient (Wildman–Crippen LogP) is 3.47. The molecule has 1 N–H and O–H groups in total. The lowest BCUT2D eigenvalue weighted by Crippen LogP contribution is -2.50. The van der Waals surface area contributed by atoms with E-state index in [1.165, 1.54) is 6.07 Å². The van der Waals surface area contributed by atoms with E-state index in [0.717, 1.165) is 37.2 Å². The standard InChI is InChI=1S/C24H31F3N4O2/c1-23(2,3)20-10-21(31(29(20)4)11-15-5-6-15)28-22(33)19-9-17(24(25,26)27)8-7-16(19)12-30-13-18(32)14-30/h7-10,15,18,32H,5-6,11-14H2,1-4H3/b28-21+. The Labute approximate surface area is 191 Å². The molecule has 2 aromatic rings. The molecule has 2 aliphatic rings. The molecule has 9 heteroatoms. The second-order valence-corrected chi connectivity index (χ2v) is 10.3. The molecular weight excluding hydrogens is 433 g/mol. The first kappa shape index (κ1) is 23.8. The number of amides is 1. The molecule has 1 saturated heterocycles. The molecule has 0 spiro atoms. The third kappa shape index (κ3) is 5.24. The highest BCUT2D eigenvalue weighted by Gasteiger charge is 2.33. The van der Waals surface area contributed by atoms with Crippen LogP contribution >= 0.6 is 0 Å². The van der Waals surface area contributed by atoms with E-state index >= 15 is 0 Å². The van der Waals surface area contributed by atoms with Gasteiger partial charge in [-0.2, -0.15) is 18.2 Å². The molecule has 4 rings (SSSR count). The van der Waals surface area contributed by atoms with E-state index in [1.54, 1.807) is 0 Å². The summed E-state index contributed by atoms with van der Waals surface area (Å²) in [5.74, 6) is -0.157. The van der Waals surface area contributed by atoms with Crippen LogP contribution in [-0.2, 0) is 31.7 Å². The van der Waals surface area contributed by atoms with Crippen molar-refractivity contribution in [3.63, 3.8) is 0 Å². The number of benzene rings is 1. The Balaban J connectivity index is 1.76. The first-order chi connectivity index (χ1) is 15.3. The average Bonchev–Trinajstić information content (AvgIpc) is 3.44. The SMILES string of the molecule is Cn1c(C(C)(C)C)c/c(=N\C(=O)c2cc(C(F)(F)F)ccc2CN2CC(O)C2)n1CC1CC1. The second-order valence-electron chi connectivity index (χ2n) is 10.3. The van der Waals surface area contributed by atoms with Gasteiger partial charge in [-0.15, -0.1) is 0 Å². The highest BCUT2D eigenvalue weighted by Crippen LogP contribution is 2.32. The quantitative estimate of drug-likeness (QED) is 0.737. The average molecular weight is 465 g/mol. The van der Waals surface area contributed by atoms with Crippen LogP contribution < -0.4 is 5.49 Å². The Morgan fingerprint density at radius 2 is 1.82 bits per heavy atom. The number of carbonyl (C=O) groups excluding carboxylic acids is 1. The number of rotatable bonds is 5. The number of likely N-dealkylation sites (tertiary alicyclic amines) is 1. The summed E-state index contributed by atoms with van der Waals surface area (Å²) in [6, 6.07) is 5.10. The van der Waals surface area contributed by atoms with Gasteiger partial charge in [-0.05, 0) is 36.5 Å². The minimum Gasteiger partial charge on any atom is -0.390 e. The number of hydrogen-bond donors (Lipinski definition) is 1. The van der Waals surface area contributed by atoms with Crippen molar-refractivity contribution < 1.29 is 23.1 Å². The normalized spacial score (nSPS) is 18.6. The van der Waals surface area contributed by atoms with Crippen molar-refractivity contribution in [1.82, 2.24) is 14.3 Å². The Hall–Kier alpha value is -2.39. The van der Waals surface area contributed by atoms with Crippen molar-refractivity contribution in [3.05, 3.63) is 52.1 Å². The topological polar surface area (TPSA) is 62.8 Å². The molecule has 1 aliphatic heterocycles. The smallest absolute Gasteiger partial charge is 0.390 e. The number of aliphatic hydroxyl groups is 1. The molecule has 1 aliphatic carbocycles. The fourth-order valence-electron chi connectivity index (χ4n) is 4.29. The van der Waals surface area contributed by atoms with E-state index in [4.69, 9.17) is 0 Å². The van der Waals surface area contributed by atoms with Crippen molar-refractivity contribution in [1.29, 1.82) is 0 Å². The fraction of sp³-hybridized carbons (Fsp3) is 0.583. The molecule has 1 amide bonds. The van der Waals surface area contributed by atoms with Crippen LogP contribution in [0.3, 0.4) is 0 Å². The van der Waals surface area contributed by atoms with Crippen molar-refractivity contribution in [2.45, 2.75) is 64.4 Å². The lowest BCUT2D eigenvalue weighted by molar-refractivity contribution is -0.137. The predicted molar refractivity (Wildman–Crippen MR) is 117 cm³/mol. The Kier molecular flexibility index (Phi) is 6.07. The molecule has 1 saturated carbocycles. The Morgan fingerprint density at radius 1 is 1.15 bits per heavy atom. The lowest BCUT2D eigenvalue weighted by atomic mass is 9.92. The summed E-state index contributed by atoms with van der Waals surface area (Å²) in [4.78, 5) is 19.5. The van der Waals surface area contributed by atoms with Gasteiger partial charge in [0.2, 0.25) is 0 Å². The van der Waals surface area contributed by atoms with Crippen molar-refractivity contribution in [2.75, 3.05) is 13.1 Å². The van der Waals surface area contributed by atoms with Crippen LogP contribution in [0.15, 0.2) is 29.3 Å². The van der Waals surface area contributed by atoms with Crippen molar-refractivity contribution >= 4 is 5.91 Å². The van der Waals surface area contributed by atoms with Gasteiger partial charge in [0.25, 0.3) is 5.91 Å². The molecule has 2 fully saturated rings. The molecule has 180 valence electrons. The zero-order valence-electron chi connectivity index (χ0n) is 19.5. The third-order valence-corrected chi connectivity index (χ3v) is 6.35. The summed E-state index contributed by atoms with van der Waals surface area (Å²) in [5.41, 5.74) is 0.823. The van der Waals surface area contributed by atoms with Gasteiger partial charge in [-0.1, -0.05) is 26.8 Å². The van der Waals surface area contributed by atoms with Gasteiger partial charge in [0.1, 0.15) is 0 Å². The van der Waals surface area contributed by atoms with Gasteiger partial charge in [0.05, 0.1) is 11.7 Å². The molecule has 6 nitrogen and oxygen atoms in total. The maximum absolute atomic E-state index is 13.4. The van der Waals surface area contributed by atoms with Gasteiger partial charge in [-0.25, -0.2) is 0 Å².